The van der Waals surface area contributed by atoms with Crippen molar-refractivity contribution in [2.24, 2.45) is 0 Å². The number of carbonyl (C=O) groups is 2. The summed E-state index contributed by atoms with van der Waals surface area (Å²) in [7, 11) is 1.59. The zero-order valence-corrected chi connectivity index (χ0v) is 14.1. The number of carbonyl (C=O) groups excluding carboxylic acids is 2. The van der Waals surface area contributed by atoms with Crippen LogP contribution in [0.1, 0.15) is 17.3 Å². The molecule has 6 nitrogen and oxygen atoms in total. The maximum absolute atomic E-state index is 12.5. The molecule has 0 saturated carbocycles. The maximum Gasteiger partial charge on any atom is 0.253 e. The predicted octanol–water partition coefficient (Wildman–Crippen LogP) is 0.591. The lowest BCUT2D eigenvalue weighted by molar-refractivity contribution is -0.126. The summed E-state index contributed by atoms with van der Waals surface area (Å²) in [5, 5.41) is 2.69. The highest BCUT2D eigenvalue weighted by atomic mass is 16.5. The first kappa shape index (κ1) is 17.8. The van der Waals surface area contributed by atoms with E-state index in [1.54, 1.807) is 31.4 Å². The highest BCUT2D eigenvalue weighted by Gasteiger charge is 2.27. The predicted molar refractivity (Wildman–Crippen MR) is 91.8 cm³/mol. The lowest BCUT2D eigenvalue weighted by Crippen LogP contribution is -2.55. The Kier molecular flexibility index (Phi) is 6.21. The van der Waals surface area contributed by atoms with Crippen LogP contribution in [-0.2, 0) is 4.79 Å². The van der Waals surface area contributed by atoms with E-state index in [1.165, 1.54) is 0 Å². The number of benzene rings is 1. The summed E-state index contributed by atoms with van der Waals surface area (Å²) >= 11 is 0. The molecule has 1 fully saturated rings. The standard InChI is InChI=1S/C18H23N3O3/c1-4-9-19-17(22)14(2)20-10-12-21(13-11-20)18(23)15-5-7-16(24-3)8-6-15/h1,5-8,14H,9-13H2,2-3H3,(H,19,22)/t14-/m0/s1. The first-order valence-corrected chi connectivity index (χ1v) is 7.95. The van der Waals surface area contributed by atoms with Crippen LogP contribution >= 0.6 is 0 Å². The van der Waals surface area contributed by atoms with E-state index >= 15 is 0 Å². The Balaban J connectivity index is 1.88. The molecule has 2 rings (SSSR count). The van der Waals surface area contributed by atoms with Crippen LogP contribution in [0.25, 0.3) is 0 Å². The van der Waals surface area contributed by atoms with Gasteiger partial charge in [-0.1, -0.05) is 5.92 Å². The number of ether oxygens (including phenoxy) is 1. The van der Waals surface area contributed by atoms with E-state index in [4.69, 9.17) is 11.2 Å². The summed E-state index contributed by atoms with van der Waals surface area (Å²) in [6.45, 7) is 4.60. The number of hydrogen-bond acceptors (Lipinski definition) is 4. The molecule has 0 aromatic heterocycles. The van der Waals surface area contributed by atoms with Crippen molar-refractivity contribution in [3.63, 3.8) is 0 Å². The molecule has 1 aromatic rings. The van der Waals surface area contributed by atoms with Crippen LogP contribution in [0, 0.1) is 12.3 Å². The Morgan fingerprint density at radius 1 is 1.25 bits per heavy atom. The number of hydrogen-bond donors (Lipinski definition) is 1. The molecule has 1 saturated heterocycles. The molecule has 1 aliphatic rings. The third kappa shape index (κ3) is 4.27. The van der Waals surface area contributed by atoms with Gasteiger partial charge >= 0.3 is 0 Å². The van der Waals surface area contributed by atoms with Crippen LogP contribution < -0.4 is 10.1 Å². The minimum absolute atomic E-state index is 0.00161. The van der Waals surface area contributed by atoms with Gasteiger partial charge < -0.3 is 15.0 Å². The first-order valence-electron chi connectivity index (χ1n) is 7.95. The average molecular weight is 329 g/mol. The number of rotatable bonds is 5. The van der Waals surface area contributed by atoms with Gasteiger partial charge in [-0.25, -0.2) is 0 Å². The zero-order valence-electron chi connectivity index (χ0n) is 14.1. The van der Waals surface area contributed by atoms with E-state index in [9.17, 15) is 9.59 Å². The summed E-state index contributed by atoms with van der Waals surface area (Å²) in [5.41, 5.74) is 0.643. The van der Waals surface area contributed by atoms with Crippen molar-refractivity contribution in [2.45, 2.75) is 13.0 Å². The van der Waals surface area contributed by atoms with Crippen LogP contribution in [-0.4, -0.2) is 67.5 Å². The molecule has 0 spiro atoms. The van der Waals surface area contributed by atoms with Crippen LogP contribution in [0.2, 0.25) is 0 Å². The Morgan fingerprint density at radius 2 is 1.88 bits per heavy atom. The summed E-state index contributed by atoms with van der Waals surface area (Å²) < 4.78 is 5.10. The molecule has 6 heteroatoms. The number of terminal acetylenes is 1. The Bertz CT molecular complexity index is 613. The van der Waals surface area contributed by atoms with Crippen LogP contribution in [0.15, 0.2) is 24.3 Å². The molecule has 0 aliphatic carbocycles. The number of piperazine rings is 1. The molecule has 1 aliphatic heterocycles. The molecule has 0 bridgehead atoms. The topological polar surface area (TPSA) is 61.9 Å². The Labute approximate surface area is 142 Å². The quantitative estimate of drug-likeness (QED) is 0.803. The molecular weight excluding hydrogens is 306 g/mol. The highest BCUT2D eigenvalue weighted by Crippen LogP contribution is 2.15. The fourth-order valence-corrected chi connectivity index (χ4v) is 2.68. The first-order chi connectivity index (χ1) is 11.6. The largest absolute Gasteiger partial charge is 0.497 e. The number of methoxy groups -OCH3 is 1. The van der Waals surface area contributed by atoms with Gasteiger partial charge in [0.1, 0.15) is 5.75 Å². The second-order valence-electron chi connectivity index (χ2n) is 5.65. The summed E-state index contributed by atoms with van der Waals surface area (Å²) in [6.07, 6.45) is 5.15. The normalized spacial score (nSPS) is 16.1. The molecule has 128 valence electrons. The van der Waals surface area contributed by atoms with Gasteiger partial charge in [0.25, 0.3) is 5.91 Å². The summed E-state index contributed by atoms with van der Waals surface area (Å²) in [5.74, 6) is 3.04. The molecular formula is C18H23N3O3. The van der Waals surface area contributed by atoms with E-state index in [0.29, 0.717) is 31.7 Å². The molecule has 1 aromatic carbocycles. The van der Waals surface area contributed by atoms with Crippen molar-refractivity contribution in [3.8, 4) is 18.1 Å². The van der Waals surface area contributed by atoms with Crippen LogP contribution in [0.3, 0.4) is 0 Å². The summed E-state index contributed by atoms with van der Waals surface area (Å²) in [6, 6.07) is 6.84. The van der Waals surface area contributed by atoms with Gasteiger partial charge in [-0.2, -0.15) is 0 Å². The lowest BCUT2D eigenvalue weighted by Gasteiger charge is -2.37. The Morgan fingerprint density at radius 3 is 2.42 bits per heavy atom. The van der Waals surface area contributed by atoms with Crippen molar-refractivity contribution in [1.82, 2.24) is 15.1 Å². The molecule has 1 atom stereocenters. The maximum atomic E-state index is 12.5. The number of nitrogens with zero attached hydrogens (tertiary/aromatic N) is 2. The van der Waals surface area contributed by atoms with Gasteiger partial charge in [0.2, 0.25) is 5.91 Å². The monoisotopic (exact) mass is 329 g/mol. The van der Waals surface area contributed by atoms with Crippen molar-refractivity contribution < 1.29 is 14.3 Å². The van der Waals surface area contributed by atoms with E-state index in [1.807, 2.05) is 11.8 Å². The smallest absolute Gasteiger partial charge is 0.253 e. The van der Waals surface area contributed by atoms with Crippen molar-refractivity contribution in [2.75, 3.05) is 39.8 Å². The van der Waals surface area contributed by atoms with E-state index in [2.05, 4.69) is 16.1 Å². The second-order valence-corrected chi connectivity index (χ2v) is 5.65. The van der Waals surface area contributed by atoms with Crippen LogP contribution in [0.5, 0.6) is 5.75 Å². The van der Waals surface area contributed by atoms with E-state index < -0.39 is 0 Å². The molecule has 0 unspecified atom stereocenters. The minimum Gasteiger partial charge on any atom is -0.497 e. The van der Waals surface area contributed by atoms with E-state index in [0.717, 1.165) is 5.75 Å². The minimum atomic E-state index is -0.253. The third-order valence-electron chi connectivity index (χ3n) is 4.23. The second kappa shape index (κ2) is 8.37. The molecule has 1 N–H and O–H groups in total. The highest BCUT2D eigenvalue weighted by molar-refractivity contribution is 5.94. The SMILES string of the molecule is C#CCNC(=O)[C@H](C)N1CCN(C(=O)c2ccc(OC)cc2)CC1. The fourth-order valence-electron chi connectivity index (χ4n) is 2.68. The molecule has 1 heterocycles. The fraction of sp³-hybridized carbons (Fsp3) is 0.444. The zero-order chi connectivity index (χ0) is 17.5. The van der Waals surface area contributed by atoms with Gasteiger partial charge in [-0.05, 0) is 31.2 Å². The third-order valence-corrected chi connectivity index (χ3v) is 4.23. The van der Waals surface area contributed by atoms with Gasteiger partial charge in [0.15, 0.2) is 0 Å². The van der Waals surface area contributed by atoms with Gasteiger partial charge in [-0.3, -0.25) is 14.5 Å². The van der Waals surface area contributed by atoms with Crippen molar-refractivity contribution in [3.05, 3.63) is 29.8 Å². The number of nitrogens with one attached hydrogen (secondary N) is 1. The Hall–Kier alpha value is -2.52. The van der Waals surface area contributed by atoms with Crippen molar-refractivity contribution in [1.29, 1.82) is 0 Å². The van der Waals surface area contributed by atoms with Gasteiger partial charge in [0.05, 0.1) is 19.7 Å². The molecule has 0 radical (unpaired) electrons. The molecule has 2 amide bonds. The average Bonchev–Trinajstić information content (AvgIpc) is 2.65. The van der Waals surface area contributed by atoms with E-state index in [-0.39, 0.29) is 24.4 Å². The van der Waals surface area contributed by atoms with Gasteiger partial charge in [0, 0.05) is 31.7 Å². The summed E-state index contributed by atoms with van der Waals surface area (Å²) in [4.78, 5) is 28.3. The van der Waals surface area contributed by atoms with Gasteiger partial charge in [-0.15, -0.1) is 6.42 Å². The molecule has 24 heavy (non-hydrogen) atoms. The lowest BCUT2D eigenvalue weighted by atomic mass is 10.1. The van der Waals surface area contributed by atoms with Crippen LogP contribution in [0.4, 0.5) is 0 Å². The van der Waals surface area contributed by atoms with Crippen molar-refractivity contribution >= 4 is 11.8 Å². The number of amides is 2.